The number of aromatic nitrogens is 2. The number of hydrogen-bond donors (Lipinski definition) is 0. The van der Waals surface area contributed by atoms with Crippen LogP contribution in [0.15, 0.2) is 60.7 Å². The van der Waals surface area contributed by atoms with Crippen molar-refractivity contribution in [2.45, 2.75) is 20.3 Å². The highest BCUT2D eigenvalue weighted by Crippen LogP contribution is 2.31. The van der Waals surface area contributed by atoms with E-state index in [2.05, 4.69) is 66.4 Å². The molecule has 1 amide bonds. The Bertz CT molecular complexity index is 1220. The standard InChI is InChI=1S/C26H28N4OS/c1-19-8-10-22(11-9-19)30-26-23(20(2)27-30)18-24(32-26)25(31)29-16-14-28(15-17-29)13-12-21-6-4-3-5-7-21/h3-11,18H,12-17H2,1-2H3. The molecule has 6 heteroatoms. The minimum absolute atomic E-state index is 0.142. The fourth-order valence-corrected chi connectivity index (χ4v) is 5.43. The first-order valence-electron chi connectivity index (χ1n) is 11.2. The lowest BCUT2D eigenvalue weighted by Gasteiger charge is -2.34. The predicted octanol–water partition coefficient (Wildman–Crippen LogP) is 4.70. The highest BCUT2D eigenvalue weighted by molar-refractivity contribution is 7.20. The van der Waals surface area contributed by atoms with Gasteiger partial charge in [-0.15, -0.1) is 11.3 Å². The summed E-state index contributed by atoms with van der Waals surface area (Å²) in [6, 6.07) is 21.0. The van der Waals surface area contributed by atoms with Crippen LogP contribution in [-0.4, -0.2) is 58.2 Å². The summed E-state index contributed by atoms with van der Waals surface area (Å²) >= 11 is 1.55. The molecule has 2 aromatic heterocycles. The Morgan fingerprint density at radius 2 is 1.69 bits per heavy atom. The number of amides is 1. The average molecular weight is 445 g/mol. The number of benzene rings is 2. The van der Waals surface area contributed by atoms with E-state index in [1.807, 2.05) is 22.6 Å². The van der Waals surface area contributed by atoms with Crippen LogP contribution < -0.4 is 0 Å². The third-order valence-corrected chi connectivity index (χ3v) is 7.35. The van der Waals surface area contributed by atoms with Gasteiger partial charge in [0.05, 0.1) is 16.3 Å². The largest absolute Gasteiger partial charge is 0.335 e. The maximum atomic E-state index is 13.2. The van der Waals surface area contributed by atoms with Crippen molar-refractivity contribution in [2.24, 2.45) is 0 Å². The summed E-state index contributed by atoms with van der Waals surface area (Å²) in [6.07, 6.45) is 1.06. The Morgan fingerprint density at radius 1 is 0.969 bits per heavy atom. The number of thiophene rings is 1. The highest BCUT2D eigenvalue weighted by Gasteiger charge is 2.25. The highest BCUT2D eigenvalue weighted by atomic mass is 32.1. The van der Waals surface area contributed by atoms with Crippen molar-refractivity contribution >= 4 is 27.5 Å². The van der Waals surface area contributed by atoms with Crippen LogP contribution in [0.5, 0.6) is 0 Å². The van der Waals surface area contributed by atoms with Gasteiger partial charge in [0.25, 0.3) is 5.91 Å². The van der Waals surface area contributed by atoms with Gasteiger partial charge in [-0.1, -0.05) is 48.0 Å². The summed E-state index contributed by atoms with van der Waals surface area (Å²) in [5.74, 6) is 0.142. The van der Waals surface area contributed by atoms with Crippen molar-refractivity contribution < 1.29 is 4.79 Å². The minimum atomic E-state index is 0.142. The van der Waals surface area contributed by atoms with E-state index in [0.29, 0.717) is 0 Å². The van der Waals surface area contributed by atoms with Crippen LogP contribution in [0.25, 0.3) is 15.9 Å². The van der Waals surface area contributed by atoms with Gasteiger partial charge < -0.3 is 4.90 Å². The van der Waals surface area contributed by atoms with Crippen molar-refractivity contribution in [1.82, 2.24) is 19.6 Å². The van der Waals surface area contributed by atoms with Crippen molar-refractivity contribution in [1.29, 1.82) is 0 Å². The average Bonchev–Trinajstić information content (AvgIpc) is 3.39. The van der Waals surface area contributed by atoms with E-state index < -0.39 is 0 Å². The topological polar surface area (TPSA) is 41.4 Å². The minimum Gasteiger partial charge on any atom is -0.335 e. The van der Waals surface area contributed by atoms with E-state index in [1.165, 1.54) is 11.1 Å². The molecule has 0 spiro atoms. The molecule has 1 saturated heterocycles. The Kier molecular flexibility index (Phi) is 5.81. The molecule has 32 heavy (non-hydrogen) atoms. The molecule has 3 heterocycles. The van der Waals surface area contributed by atoms with E-state index in [-0.39, 0.29) is 5.91 Å². The fourth-order valence-electron chi connectivity index (χ4n) is 4.28. The van der Waals surface area contributed by atoms with Gasteiger partial charge in [-0.3, -0.25) is 9.69 Å². The molecule has 0 saturated carbocycles. The zero-order valence-corrected chi connectivity index (χ0v) is 19.4. The molecule has 0 atom stereocenters. The monoisotopic (exact) mass is 444 g/mol. The summed E-state index contributed by atoms with van der Waals surface area (Å²) in [5.41, 5.74) is 4.58. The van der Waals surface area contributed by atoms with Crippen LogP contribution in [0.3, 0.4) is 0 Å². The summed E-state index contributed by atoms with van der Waals surface area (Å²) in [5, 5.41) is 5.78. The normalized spacial score (nSPS) is 14.9. The third-order valence-electron chi connectivity index (χ3n) is 6.25. The van der Waals surface area contributed by atoms with Crippen molar-refractivity contribution in [3.63, 3.8) is 0 Å². The van der Waals surface area contributed by atoms with Gasteiger partial charge in [0.1, 0.15) is 4.83 Å². The summed E-state index contributed by atoms with van der Waals surface area (Å²) in [4.78, 5) is 19.6. The van der Waals surface area contributed by atoms with Crippen LogP contribution in [0.1, 0.15) is 26.5 Å². The molecule has 0 bridgehead atoms. The molecule has 164 valence electrons. The maximum Gasteiger partial charge on any atom is 0.264 e. The molecular weight excluding hydrogens is 416 g/mol. The van der Waals surface area contributed by atoms with Crippen molar-refractivity contribution in [3.05, 3.63) is 82.4 Å². The number of fused-ring (bicyclic) bond motifs is 1. The van der Waals surface area contributed by atoms with Crippen LogP contribution in [0, 0.1) is 13.8 Å². The summed E-state index contributed by atoms with van der Waals surface area (Å²) in [6.45, 7) is 8.56. The van der Waals surface area contributed by atoms with E-state index in [0.717, 1.165) is 65.6 Å². The lowest BCUT2D eigenvalue weighted by molar-refractivity contribution is 0.0643. The lowest BCUT2D eigenvalue weighted by atomic mass is 10.1. The summed E-state index contributed by atoms with van der Waals surface area (Å²) in [7, 11) is 0. The number of carbonyl (C=O) groups is 1. The number of piperazine rings is 1. The molecule has 5 nitrogen and oxygen atoms in total. The van der Waals surface area contributed by atoms with Crippen LogP contribution in [0.2, 0.25) is 0 Å². The Balaban J connectivity index is 1.26. The molecule has 0 aliphatic carbocycles. The Morgan fingerprint density at radius 3 is 2.41 bits per heavy atom. The molecule has 5 rings (SSSR count). The molecule has 0 N–H and O–H groups in total. The lowest BCUT2D eigenvalue weighted by Crippen LogP contribution is -2.48. The third kappa shape index (κ3) is 4.20. The first-order valence-corrected chi connectivity index (χ1v) is 12.0. The van der Waals surface area contributed by atoms with E-state index in [4.69, 9.17) is 5.10 Å². The Labute approximate surface area is 192 Å². The molecule has 1 aliphatic rings. The van der Waals surface area contributed by atoms with Gasteiger partial charge in [0.15, 0.2) is 0 Å². The molecule has 1 fully saturated rings. The zero-order chi connectivity index (χ0) is 22.1. The number of carbonyl (C=O) groups excluding carboxylic acids is 1. The Hall–Kier alpha value is -2.96. The van der Waals surface area contributed by atoms with Crippen LogP contribution in [-0.2, 0) is 6.42 Å². The molecule has 0 unspecified atom stereocenters. The number of nitrogens with zero attached hydrogens (tertiary/aromatic N) is 4. The number of hydrogen-bond acceptors (Lipinski definition) is 4. The fraction of sp³-hybridized carbons (Fsp3) is 0.308. The first-order chi connectivity index (χ1) is 15.6. The van der Waals surface area contributed by atoms with Gasteiger partial charge in [-0.05, 0) is 44.0 Å². The molecule has 1 aliphatic heterocycles. The van der Waals surface area contributed by atoms with E-state index >= 15 is 0 Å². The molecule has 4 aromatic rings. The van der Waals surface area contributed by atoms with Gasteiger partial charge >= 0.3 is 0 Å². The van der Waals surface area contributed by atoms with Crippen LogP contribution >= 0.6 is 11.3 Å². The molecule has 0 radical (unpaired) electrons. The zero-order valence-electron chi connectivity index (χ0n) is 18.6. The number of aryl methyl sites for hydroxylation is 2. The smallest absolute Gasteiger partial charge is 0.264 e. The number of rotatable bonds is 5. The van der Waals surface area contributed by atoms with Gasteiger partial charge in [-0.25, -0.2) is 4.68 Å². The van der Waals surface area contributed by atoms with Gasteiger partial charge in [-0.2, -0.15) is 5.10 Å². The van der Waals surface area contributed by atoms with E-state index in [9.17, 15) is 4.79 Å². The first kappa shape index (κ1) is 20.9. The maximum absolute atomic E-state index is 13.2. The second-order valence-corrected chi connectivity index (χ2v) is 9.56. The summed E-state index contributed by atoms with van der Waals surface area (Å²) < 4.78 is 1.97. The quantitative estimate of drug-likeness (QED) is 0.448. The van der Waals surface area contributed by atoms with Crippen molar-refractivity contribution in [2.75, 3.05) is 32.7 Å². The van der Waals surface area contributed by atoms with E-state index in [1.54, 1.807) is 11.3 Å². The van der Waals surface area contributed by atoms with Gasteiger partial charge in [0, 0.05) is 38.1 Å². The molecular formula is C26H28N4OS. The predicted molar refractivity (Wildman–Crippen MR) is 131 cm³/mol. The SMILES string of the molecule is Cc1ccc(-n2nc(C)c3cc(C(=O)N4CCN(CCc5ccccc5)CC4)sc32)cc1. The second-order valence-electron chi connectivity index (χ2n) is 8.53. The second kappa shape index (κ2) is 8.88. The molecule has 2 aromatic carbocycles. The van der Waals surface area contributed by atoms with Gasteiger partial charge in [0.2, 0.25) is 0 Å². The van der Waals surface area contributed by atoms with Crippen molar-refractivity contribution in [3.8, 4) is 5.69 Å². The van der Waals surface area contributed by atoms with Crippen LogP contribution in [0.4, 0.5) is 0 Å².